The number of alkyl halides is 3. The third-order valence-electron chi connectivity index (χ3n) is 1.90. The molecule has 0 heterocycles. The first-order valence-corrected chi connectivity index (χ1v) is 6.52. The van der Waals surface area contributed by atoms with Crippen LogP contribution in [0.5, 0.6) is 0 Å². The van der Waals surface area contributed by atoms with Crippen LogP contribution in [-0.2, 0) is 14.8 Å². The van der Waals surface area contributed by atoms with Crippen molar-refractivity contribution in [1.29, 1.82) is 0 Å². The van der Waals surface area contributed by atoms with Crippen molar-refractivity contribution in [2.75, 3.05) is 5.75 Å². The molecule has 0 amide bonds. The van der Waals surface area contributed by atoms with Gasteiger partial charge in [0.15, 0.2) is 0 Å². The Bertz CT molecular complexity index is 352. The fourth-order valence-corrected chi connectivity index (χ4v) is 2.39. The lowest BCUT2D eigenvalue weighted by atomic mass is 10.2. The Hall–Kier alpha value is -0.830. The van der Waals surface area contributed by atoms with Crippen LogP contribution in [0, 0.1) is 0 Å². The summed E-state index contributed by atoms with van der Waals surface area (Å²) in [4.78, 5) is 10.5. The SMILES string of the molecule is CC[C@@H](NS(=O)(=O)CCCC(F)(F)F)C(=O)O. The third kappa shape index (κ3) is 7.97. The highest BCUT2D eigenvalue weighted by Gasteiger charge is 2.28. The summed E-state index contributed by atoms with van der Waals surface area (Å²) in [5.74, 6) is -2.09. The summed E-state index contributed by atoms with van der Waals surface area (Å²) in [5, 5.41) is 8.58. The van der Waals surface area contributed by atoms with Crippen LogP contribution in [0.1, 0.15) is 26.2 Å². The molecule has 2 N–H and O–H groups in total. The van der Waals surface area contributed by atoms with Gasteiger partial charge in [0, 0.05) is 6.42 Å². The number of hydrogen-bond donors (Lipinski definition) is 2. The molecule has 0 aromatic rings. The van der Waals surface area contributed by atoms with Crippen LogP contribution in [0.2, 0.25) is 0 Å². The zero-order chi connectivity index (χ0) is 13.7. The van der Waals surface area contributed by atoms with Gasteiger partial charge in [-0.05, 0) is 12.8 Å². The van der Waals surface area contributed by atoms with Crippen molar-refractivity contribution in [3.05, 3.63) is 0 Å². The highest BCUT2D eigenvalue weighted by molar-refractivity contribution is 7.89. The molecule has 5 nitrogen and oxygen atoms in total. The highest BCUT2D eigenvalue weighted by atomic mass is 32.2. The number of aliphatic carboxylic acids is 1. The van der Waals surface area contributed by atoms with Crippen molar-refractivity contribution >= 4 is 16.0 Å². The topological polar surface area (TPSA) is 83.5 Å². The third-order valence-corrected chi connectivity index (χ3v) is 3.37. The Morgan fingerprint density at radius 1 is 1.41 bits per heavy atom. The number of carboxylic acid groups (broad SMARTS) is 1. The van der Waals surface area contributed by atoms with Gasteiger partial charge in [-0.2, -0.15) is 13.2 Å². The molecule has 0 fully saturated rings. The molecule has 0 aliphatic heterocycles. The molecule has 17 heavy (non-hydrogen) atoms. The zero-order valence-corrected chi connectivity index (χ0v) is 9.94. The predicted molar refractivity (Wildman–Crippen MR) is 53.9 cm³/mol. The normalized spacial score (nSPS) is 14.6. The number of halogens is 3. The first kappa shape index (κ1) is 16.2. The predicted octanol–water partition coefficient (Wildman–Crippen LogP) is 1.11. The summed E-state index contributed by atoms with van der Waals surface area (Å²) in [5.41, 5.74) is 0. The summed E-state index contributed by atoms with van der Waals surface area (Å²) in [6.45, 7) is 1.46. The molecule has 0 saturated carbocycles. The van der Waals surface area contributed by atoms with Crippen LogP contribution in [0.3, 0.4) is 0 Å². The van der Waals surface area contributed by atoms with E-state index >= 15 is 0 Å². The van der Waals surface area contributed by atoms with Crippen molar-refractivity contribution in [2.45, 2.75) is 38.4 Å². The summed E-state index contributed by atoms with van der Waals surface area (Å²) in [6.07, 6.45) is -6.19. The van der Waals surface area contributed by atoms with Gasteiger partial charge in [-0.15, -0.1) is 0 Å². The van der Waals surface area contributed by atoms with Gasteiger partial charge in [-0.1, -0.05) is 6.92 Å². The fraction of sp³-hybridized carbons (Fsp3) is 0.875. The van der Waals surface area contributed by atoms with Gasteiger partial charge in [-0.25, -0.2) is 13.1 Å². The van der Waals surface area contributed by atoms with Gasteiger partial charge < -0.3 is 5.11 Å². The van der Waals surface area contributed by atoms with Crippen molar-refractivity contribution in [2.24, 2.45) is 0 Å². The van der Waals surface area contributed by atoms with Crippen LogP contribution in [0.25, 0.3) is 0 Å². The average Bonchev–Trinajstić information content (AvgIpc) is 2.11. The molecule has 102 valence electrons. The minimum atomic E-state index is -4.41. The van der Waals surface area contributed by atoms with Crippen LogP contribution in [0.15, 0.2) is 0 Å². The molecular formula is C8H14F3NO4S. The van der Waals surface area contributed by atoms with Gasteiger partial charge >= 0.3 is 12.1 Å². The number of sulfonamides is 1. The minimum Gasteiger partial charge on any atom is -0.480 e. The first-order valence-electron chi connectivity index (χ1n) is 4.87. The second kappa shape index (κ2) is 6.20. The van der Waals surface area contributed by atoms with Crippen LogP contribution in [0.4, 0.5) is 13.2 Å². The molecule has 0 aliphatic rings. The van der Waals surface area contributed by atoms with E-state index in [4.69, 9.17) is 5.11 Å². The molecule has 0 aromatic heterocycles. The van der Waals surface area contributed by atoms with E-state index in [-0.39, 0.29) is 6.42 Å². The molecule has 1 atom stereocenters. The first-order chi connectivity index (χ1) is 7.57. The molecular weight excluding hydrogens is 263 g/mol. The van der Waals surface area contributed by atoms with Crippen molar-refractivity contribution in [3.63, 3.8) is 0 Å². The van der Waals surface area contributed by atoms with E-state index in [0.29, 0.717) is 0 Å². The summed E-state index contributed by atoms with van der Waals surface area (Å²) >= 11 is 0. The van der Waals surface area contributed by atoms with Gasteiger partial charge in [-0.3, -0.25) is 4.79 Å². The summed E-state index contributed by atoms with van der Waals surface area (Å²) in [7, 11) is -3.99. The Morgan fingerprint density at radius 2 is 1.94 bits per heavy atom. The van der Waals surface area contributed by atoms with Crippen LogP contribution in [-0.4, -0.2) is 37.5 Å². The molecule has 9 heteroatoms. The van der Waals surface area contributed by atoms with Gasteiger partial charge in [0.05, 0.1) is 5.75 Å². The molecule has 0 unspecified atom stereocenters. The number of carboxylic acids is 1. The van der Waals surface area contributed by atoms with Crippen molar-refractivity contribution in [1.82, 2.24) is 4.72 Å². The Balaban J connectivity index is 4.26. The highest BCUT2D eigenvalue weighted by Crippen LogP contribution is 2.21. The number of hydrogen-bond acceptors (Lipinski definition) is 3. The monoisotopic (exact) mass is 277 g/mol. The molecule has 0 radical (unpaired) electrons. The Labute approximate surface area is 97.1 Å². The Kier molecular flexibility index (Phi) is 5.89. The maximum absolute atomic E-state index is 11.8. The van der Waals surface area contributed by atoms with Crippen molar-refractivity contribution < 1.29 is 31.5 Å². The second-order valence-corrected chi connectivity index (χ2v) is 5.33. The molecule has 0 aromatic carbocycles. The quantitative estimate of drug-likeness (QED) is 0.730. The number of rotatable bonds is 7. The molecule has 0 bridgehead atoms. The van der Waals surface area contributed by atoms with Crippen LogP contribution >= 0.6 is 0 Å². The summed E-state index contributed by atoms with van der Waals surface area (Å²) in [6, 6.07) is -1.30. The fourth-order valence-electron chi connectivity index (χ4n) is 1.05. The van der Waals surface area contributed by atoms with Crippen molar-refractivity contribution in [3.8, 4) is 0 Å². The van der Waals surface area contributed by atoms with Crippen LogP contribution < -0.4 is 4.72 Å². The van der Waals surface area contributed by atoms with E-state index in [2.05, 4.69) is 0 Å². The van der Waals surface area contributed by atoms with E-state index in [1.165, 1.54) is 6.92 Å². The lowest BCUT2D eigenvalue weighted by Crippen LogP contribution is -2.41. The smallest absolute Gasteiger partial charge is 0.389 e. The maximum atomic E-state index is 11.8. The molecule has 0 saturated heterocycles. The maximum Gasteiger partial charge on any atom is 0.389 e. The lowest BCUT2D eigenvalue weighted by Gasteiger charge is -2.13. The number of nitrogens with one attached hydrogen (secondary N) is 1. The average molecular weight is 277 g/mol. The minimum absolute atomic E-state index is 0.0217. The van der Waals surface area contributed by atoms with E-state index in [1.54, 1.807) is 0 Å². The molecule has 0 rings (SSSR count). The molecule has 0 spiro atoms. The number of carbonyl (C=O) groups is 1. The molecule has 0 aliphatic carbocycles. The standard InChI is InChI=1S/C8H14F3NO4S/c1-2-6(7(13)14)12-17(15,16)5-3-4-8(9,10)11/h6,12H,2-5H2,1H3,(H,13,14)/t6-/m1/s1. The van der Waals surface area contributed by atoms with E-state index in [9.17, 15) is 26.4 Å². The summed E-state index contributed by atoms with van der Waals surface area (Å²) < 4.78 is 59.7. The van der Waals surface area contributed by atoms with E-state index in [0.717, 1.165) is 0 Å². The van der Waals surface area contributed by atoms with Gasteiger partial charge in [0.2, 0.25) is 10.0 Å². The second-order valence-electron chi connectivity index (χ2n) is 3.45. The van der Waals surface area contributed by atoms with E-state index < -0.39 is 46.8 Å². The largest absolute Gasteiger partial charge is 0.480 e. The lowest BCUT2D eigenvalue weighted by molar-refractivity contribution is -0.139. The Morgan fingerprint density at radius 3 is 2.29 bits per heavy atom. The zero-order valence-electron chi connectivity index (χ0n) is 9.12. The van der Waals surface area contributed by atoms with Gasteiger partial charge in [0.1, 0.15) is 6.04 Å². The van der Waals surface area contributed by atoms with E-state index in [1.807, 2.05) is 4.72 Å². The van der Waals surface area contributed by atoms with Gasteiger partial charge in [0.25, 0.3) is 0 Å².